The Morgan fingerprint density at radius 3 is 1.41 bits per heavy atom. The zero-order valence-electron chi connectivity index (χ0n) is 19.8. The highest BCUT2D eigenvalue weighted by molar-refractivity contribution is 5.82. The molecule has 2 fully saturated rings. The van der Waals surface area contributed by atoms with Crippen LogP contribution >= 0.6 is 0 Å². The van der Waals surface area contributed by atoms with E-state index in [0.29, 0.717) is 37.2 Å². The van der Waals surface area contributed by atoms with Gasteiger partial charge < -0.3 is 28.4 Å². The van der Waals surface area contributed by atoms with Crippen LogP contribution in [-0.2, 0) is 38.0 Å². The van der Waals surface area contributed by atoms with Crippen molar-refractivity contribution in [3.63, 3.8) is 0 Å². The van der Waals surface area contributed by atoms with Crippen molar-refractivity contribution in [2.45, 2.75) is 64.6 Å². The van der Waals surface area contributed by atoms with Crippen molar-refractivity contribution in [2.75, 3.05) is 13.2 Å². The summed E-state index contributed by atoms with van der Waals surface area (Å²) in [5.74, 6) is -0.193. The summed E-state index contributed by atoms with van der Waals surface area (Å²) in [5, 5.41) is 0. The SMILES string of the molecule is CC1(C)OC(=O)O/C1=C\CCOC(=O)/C=C/CC/C=C/C(=O)OCC/C=C1\OC(=O)OC1(C)C. The van der Waals surface area contributed by atoms with Crippen molar-refractivity contribution < 1.29 is 47.6 Å². The summed E-state index contributed by atoms with van der Waals surface area (Å²) in [6.07, 6.45) is 9.58. The number of hydrogen-bond donors (Lipinski definition) is 0. The van der Waals surface area contributed by atoms with Gasteiger partial charge >= 0.3 is 24.2 Å². The van der Waals surface area contributed by atoms with Crippen LogP contribution in [0.1, 0.15) is 53.4 Å². The second-order valence-electron chi connectivity index (χ2n) is 8.36. The molecular formula is C24H30O10. The van der Waals surface area contributed by atoms with E-state index in [1.165, 1.54) is 12.2 Å². The van der Waals surface area contributed by atoms with E-state index in [4.69, 9.17) is 28.4 Å². The fourth-order valence-electron chi connectivity index (χ4n) is 2.91. The third-order valence-electron chi connectivity index (χ3n) is 4.64. The van der Waals surface area contributed by atoms with Crippen molar-refractivity contribution >= 4 is 24.2 Å². The number of ether oxygens (including phenoxy) is 6. The molecule has 0 atom stereocenters. The van der Waals surface area contributed by atoms with Crippen LogP contribution in [0.3, 0.4) is 0 Å². The first-order valence-electron chi connectivity index (χ1n) is 10.9. The van der Waals surface area contributed by atoms with E-state index in [1.807, 2.05) is 0 Å². The second-order valence-corrected chi connectivity index (χ2v) is 8.36. The summed E-state index contributed by atoms with van der Waals surface area (Å²) in [6, 6.07) is 0. The minimum absolute atomic E-state index is 0.135. The molecule has 0 radical (unpaired) electrons. The van der Waals surface area contributed by atoms with E-state index >= 15 is 0 Å². The molecule has 10 heteroatoms. The average molecular weight is 478 g/mol. The quantitative estimate of drug-likeness (QED) is 0.183. The van der Waals surface area contributed by atoms with Gasteiger partial charge in [0.25, 0.3) is 0 Å². The van der Waals surface area contributed by atoms with E-state index in [0.717, 1.165) is 0 Å². The Morgan fingerprint density at radius 1 is 0.706 bits per heavy atom. The fourth-order valence-corrected chi connectivity index (χ4v) is 2.91. The number of unbranched alkanes of at least 4 members (excludes halogenated alkanes) is 1. The van der Waals surface area contributed by atoms with Crippen LogP contribution in [0.25, 0.3) is 0 Å². The predicted molar refractivity (Wildman–Crippen MR) is 118 cm³/mol. The van der Waals surface area contributed by atoms with E-state index in [-0.39, 0.29) is 13.2 Å². The monoisotopic (exact) mass is 478 g/mol. The molecule has 186 valence electrons. The van der Waals surface area contributed by atoms with Crippen LogP contribution in [0.4, 0.5) is 9.59 Å². The molecular weight excluding hydrogens is 448 g/mol. The van der Waals surface area contributed by atoms with Crippen molar-refractivity contribution in [2.24, 2.45) is 0 Å². The van der Waals surface area contributed by atoms with E-state index in [1.54, 1.807) is 52.0 Å². The molecule has 0 amide bonds. The third-order valence-corrected chi connectivity index (χ3v) is 4.64. The molecule has 10 nitrogen and oxygen atoms in total. The van der Waals surface area contributed by atoms with Gasteiger partial charge in [0.1, 0.15) is 0 Å². The molecule has 0 spiro atoms. The molecule has 0 aliphatic carbocycles. The van der Waals surface area contributed by atoms with Crippen LogP contribution in [0.15, 0.2) is 48.0 Å². The molecule has 0 bridgehead atoms. The maximum atomic E-state index is 11.7. The smallest absolute Gasteiger partial charge is 0.462 e. The van der Waals surface area contributed by atoms with Gasteiger partial charge in [0.2, 0.25) is 0 Å². The van der Waals surface area contributed by atoms with Crippen molar-refractivity contribution in [1.29, 1.82) is 0 Å². The van der Waals surface area contributed by atoms with Crippen LogP contribution in [0.5, 0.6) is 0 Å². The highest BCUT2D eigenvalue weighted by Crippen LogP contribution is 2.30. The molecule has 2 saturated heterocycles. The molecule has 2 rings (SSSR count). The normalized spacial score (nSPS) is 20.9. The summed E-state index contributed by atoms with van der Waals surface area (Å²) in [6.45, 7) is 7.09. The highest BCUT2D eigenvalue weighted by atomic mass is 16.8. The van der Waals surface area contributed by atoms with Gasteiger partial charge in [0, 0.05) is 25.0 Å². The lowest BCUT2D eigenvalue weighted by Crippen LogP contribution is -2.20. The van der Waals surface area contributed by atoms with Gasteiger partial charge in [-0.25, -0.2) is 19.2 Å². The van der Waals surface area contributed by atoms with Crippen LogP contribution in [0.2, 0.25) is 0 Å². The Hall–Kier alpha value is -3.56. The number of allylic oxidation sites excluding steroid dienone is 2. The molecule has 0 aromatic rings. The standard InChI is InChI=1S/C24H30O10/c1-23(2)17(31-21(27)33-23)11-9-15-29-19(25)13-7-5-6-8-14-20(26)30-16-10-12-18-24(3,4)34-22(28)32-18/h7-8,11-14H,5-6,9-10,15-16H2,1-4H3/b13-7+,14-8+,17-11-,18-12-. The number of cyclic esters (lactones) is 4. The first-order chi connectivity index (χ1) is 16.0. The minimum atomic E-state index is -0.822. The van der Waals surface area contributed by atoms with Crippen LogP contribution in [-0.4, -0.2) is 48.7 Å². The van der Waals surface area contributed by atoms with E-state index in [9.17, 15) is 19.2 Å². The van der Waals surface area contributed by atoms with Crippen LogP contribution < -0.4 is 0 Å². The van der Waals surface area contributed by atoms with E-state index < -0.39 is 35.5 Å². The summed E-state index contributed by atoms with van der Waals surface area (Å²) in [5.41, 5.74) is -1.64. The molecule has 2 heterocycles. The van der Waals surface area contributed by atoms with Gasteiger partial charge in [0.15, 0.2) is 22.7 Å². The van der Waals surface area contributed by atoms with Gasteiger partial charge in [-0.15, -0.1) is 0 Å². The molecule has 2 aliphatic heterocycles. The average Bonchev–Trinajstić information content (AvgIpc) is 3.15. The van der Waals surface area contributed by atoms with Crippen molar-refractivity contribution in [3.05, 3.63) is 48.0 Å². The zero-order chi connectivity index (χ0) is 25.2. The topological polar surface area (TPSA) is 124 Å². The number of carbonyl (C=O) groups is 4. The Kier molecular flexibility index (Phi) is 9.47. The lowest BCUT2D eigenvalue weighted by Gasteiger charge is -2.13. The fraction of sp³-hybridized carbons (Fsp3) is 0.500. The van der Waals surface area contributed by atoms with E-state index in [2.05, 4.69) is 0 Å². The summed E-state index contributed by atoms with van der Waals surface area (Å²) in [7, 11) is 0. The maximum Gasteiger partial charge on any atom is 0.514 e. The molecule has 34 heavy (non-hydrogen) atoms. The summed E-state index contributed by atoms with van der Waals surface area (Å²) < 4.78 is 30.0. The number of rotatable bonds is 11. The third kappa shape index (κ3) is 8.76. The Bertz CT molecular complexity index is 831. The van der Waals surface area contributed by atoms with Crippen molar-refractivity contribution in [3.8, 4) is 0 Å². The minimum Gasteiger partial charge on any atom is -0.462 e. The van der Waals surface area contributed by atoms with Gasteiger partial charge in [0.05, 0.1) is 13.2 Å². The lowest BCUT2D eigenvalue weighted by atomic mass is 10.1. The predicted octanol–water partition coefficient (Wildman–Crippen LogP) is 4.40. The largest absolute Gasteiger partial charge is 0.514 e. The lowest BCUT2D eigenvalue weighted by molar-refractivity contribution is -0.138. The number of hydrogen-bond acceptors (Lipinski definition) is 10. The highest BCUT2D eigenvalue weighted by Gasteiger charge is 2.39. The van der Waals surface area contributed by atoms with Crippen LogP contribution in [0, 0.1) is 0 Å². The molecule has 2 aliphatic rings. The van der Waals surface area contributed by atoms with Gasteiger partial charge in [-0.05, 0) is 52.7 Å². The maximum absolute atomic E-state index is 11.7. The molecule has 0 N–H and O–H groups in total. The molecule has 0 aromatic heterocycles. The Morgan fingerprint density at radius 2 is 1.09 bits per heavy atom. The molecule has 0 saturated carbocycles. The van der Waals surface area contributed by atoms with Crippen molar-refractivity contribution in [1.82, 2.24) is 0 Å². The Labute approximate surface area is 198 Å². The number of esters is 2. The van der Waals surface area contributed by atoms with Gasteiger partial charge in [-0.2, -0.15) is 0 Å². The van der Waals surface area contributed by atoms with Gasteiger partial charge in [-0.1, -0.05) is 12.2 Å². The first-order valence-corrected chi connectivity index (χ1v) is 10.9. The summed E-state index contributed by atoms with van der Waals surface area (Å²) in [4.78, 5) is 45.7. The second kappa shape index (κ2) is 12.1. The zero-order valence-corrected chi connectivity index (χ0v) is 19.8. The molecule has 0 unspecified atom stereocenters. The summed E-state index contributed by atoms with van der Waals surface area (Å²) >= 11 is 0. The first kappa shape index (κ1) is 26.7. The van der Waals surface area contributed by atoms with Gasteiger partial charge in [-0.3, -0.25) is 0 Å². The number of carbonyl (C=O) groups excluding carboxylic acids is 4. The molecule has 0 aromatic carbocycles. The Balaban J connectivity index is 1.54.